The number of rotatable bonds is 1. The number of hydrogen-bond donors (Lipinski definition) is 1. The molecule has 4 nitrogen and oxygen atoms in total. The molecule has 4 heteroatoms. The fourth-order valence-electron chi connectivity index (χ4n) is 0.654. The second-order valence-electron chi connectivity index (χ2n) is 2.13. The summed E-state index contributed by atoms with van der Waals surface area (Å²) in [6.07, 6.45) is 0. The van der Waals surface area contributed by atoms with Crippen LogP contribution >= 0.6 is 0 Å². The zero-order chi connectivity index (χ0) is 7.72. The van der Waals surface area contributed by atoms with E-state index in [4.69, 9.17) is 5.73 Å². The van der Waals surface area contributed by atoms with Crippen molar-refractivity contribution in [2.45, 2.75) is 6.92 Å². The maximum atomic E-state index is 10.7. The number of nitrogens with zero attached hydrogens (tertiary/aromatic N) is 2. The maximum absolute atomic E-state index is 10.7. The third-order valence-electron chi connectivity index (χ3n) is 1.28. The Morgan fingerprint density at radius 3 is 2.60 bits per heavy atom. The van der Waals surface area contributed by atoms with Gasteiger partial charge in [0, 0.05) is 20.0 Å². The molecule has 0 spiro atoms. The minimum Gasteiger partial charge on any atom is -0.384 e. The Hall–Kier alpha value is -1.32. The molecule has 0 fully saturated rings. The van der Waals surface area contributed by atoms with E-state index in [-0.39, 0.29) is 5.78 Å². The summed E-state index contributed by atoms with van der Waals surface area (Å²) in [4.78, 5) is 10.7. The van der Waals surface area contributed by atoms with Gasteiger partial charge in [0.15, 0.2) is 5.78 Å². The quantitative estimate of drug-likeness (QED) is 0.565. The van der Waals surface area contributed by atoms with Crippen molar-refractivity contribution in [1.29, 1.82) is 0 Å². The highest BCUT2D eigenvalue weighted by Crippen LogP contribution is 2.03. The van der Waals surface area contributed by atoms with Crippen molar-refractivity contribution in [3.63, 3.8) is 0 Å². The molecule has 0 saturated carbocycles. The van der Waals surface area contributed by atoms with Crippen LogP contribution < -0.4 is 5.73 Å². The van der Waals surface area contributed by atoms with Crippen LogP contribution in [0, 0.1) is 0 Å². The highest BCUT2D eigenvalue weighted by Gasteiger charge is 2.04. The van der Waals surface area contributed by atoms with Gasteiger partial charge in [0.05, 0.1) is 0 Å². The fourth-order valence-corrected chi connectivity index (χ4v) is 0.654. The van der Waals surface area contributed by atoms with E-state index in [2.05, 4.69) is 5.10 Å². The summed E-state index contributed by atoms with van der Waals surface area (Å²) in [5.41, 5.74) is 5.84. The van der Waals surface area contributed by atoms with Gasteiger partial charge in [0.2, 0.25) is 0 Å². The average molecular weight is 139 g/mol. The number of ketones is 1. The number of Topliss-reactive ketones (excluding diaryl/α,β-unsaturated/α-hetero) is 1. The van der Waals surface area contributed by atoms with Crippen molar-refractivity contribution >= 4 is 11.6 Å². The Morgan fingerprint density at radius 2 is 2.40 bits per heavy atom. The Balaban J connectivity index is 3.10. The minimum atomic E-state index is -0.0627. The lowest BCUT2D eigenvalue weighted by atomic mass is 10.3. The van der Waals surface area contributed by atoms with Crippen molar-refractivity contribution in [2.75, 3.05) is 5.73 Å². The smallest absolute Gasteiger partial charge is 0.180 e. The third kappa shape index (κ3) is 1.00. The van der Waals surface area contributed by atoms with Gasteiger partial charge in [-0.15, -0.1) is 0 Å². The number of hydrogen-bond acceptors (Lipinski definition) is 3. The molecule has 1 aromatic rings. The standard InChI is InChI=1S/C6H9N3O/c1-4(10)5-3-6(7)9(2)8-5/h3H,7H2,1-2H3. The van der Waals surface area contributed by atoms with E-state index >= 15 is 0 Å². The molecule has 1 heterocycles. The highest BCUT2D eigenvalue weighted by molar-refractivity contribution is 5.92. The van der Waals surface area contributed by atoms with E-state index in [1.54, 1.807) is 13.1 Å². The molecule has 0 aliphatic carbocycles. The maximum Gasteiger partial charge on any atom is 0.180 e. The zero-order valence-electron chi connectivity index (χ0n) is 5.96. The van der Waals surface area contributed by atoms with Gasteiger partial charge >= 0.3 is 0 Å². The lowest BCUT2D eigenvalue weighted by molar-refractivity contribution is 0.101. The van der Waals surface area contributed by atoms with Gasteiger partial charge < -0.3 is 5.73 Å². The van der Waals surface area contributed by atoms with Gasteiger partial charge in [0.25, 0.3) is 0 Å². The predicted octanol–water partition coefficient (Wildman–Crippen LogP) is 0.205. The van der Waals surface area contributed by atoms with E-state index < -0.39 is 0 Å². The second kappa shape index (κ2) is 2.13. The predicted molar refractivity (Wildman–Crippen MR) is 37.6 cm³/mol. The molecule has 2 N–H and O–H groups in total. The van der Waals surface area contributed by atoms with E-state index in [9.17, 15) is 4.79 Å². The fraction of sp³-hybridized carbons (Fsp3) is 0.333. The molecular weight excluding hydrogens is 130 g/mol. The Labute approximate surface area is 58.6 Å². The van der Waals surface area contributed by atoms with E-state index in [1.165, 1.54) is 11.6 Å². The Morgan fingerprint density at radius 1 is 1.80 bits per heavy atom. The van der Waals surface area contributed by atoms with Crippen LogP contribution in [0.2, 0.25) is 0 Å². The molecule has 0 aliphatic heterocycles. The summed E-state index contributed by atoms with van der Waals surface area (Å²) in [5, 5.41) is 3.85. The van der Waals surface area contributed by atoms with Gasteiger partial charge in [-0.3, -0.25) is 9.48 Å². The zero-order valence-corrected chi connectivity index (χ0v) is 5.96. The molecule has 54 valence electrons. The van der Waals surface area contributed by atoms with Crippen molar-refractivity contribution < 1.29 is 4.79 Å². The number of aryl methyl sites for hydroxylation is 1. The number of nitrogen functional groups attached to an aromatic ring is 1. The van der Waals surface area contributed by atoms with Crippen molar-refractivity contribution in [1.82, 2.24) is 9.78 Å². The van der Waals surface area contributed by atoms with Crippen LogP contribution in [0.1, 0.15) is 17.4 Å². The summed E-state index contributed by atoms with van der Waals surface area (Å²) in [6, 6.07) is 1.56. The van der Waals surface area contributed by atoms with E-state index in [0.29, 0.717) is 11.5 Å². The van der Waals surface area contributed by atoms with Crippen molar-refractivity contribution in [2.24, 2.45) is 7.05 Å². The van der Waals surface area contributed by atoms with Crippen LogP contribution in [-0.4, -0.2) is 15.6 Å². The number of nitrogens with two attached hydrogens (primary N) is 1. The van der Waals surface area contributed by atoms with E-state index in [1.807, 2.05) is 0 Å². The number of carbonyl (C=O) groups excluding carboxylic acids is 1. The van der Waals surface area contributed by atoms with Crippen LogP contribution in [0.4, 0.5) is 5.82 Å². The number of aromatic nitrogens is 2. The van der Waals surface area contributed by atoms with Crippen LogP contribution in [0.3, 0.4) is 0 Å². The Bertz CT molecular complexity index is 244. The topological polar surface area (TPSA) is 60.9 Å². The molecule has 10 heavy (non-hydrogen) atoms. The summed E-state index contributed by atoms with van der Waals surface area (Å²) in [5.74, 6) is 0.442. The SMILES string of the molecule is CC(=O)c1cc(N)n(C)n1. The number of anilines is 1. The summed E-state index contributed by atoms with van der Waals surface area (Å²) in [6.45, 7) is 1.46. The van der Waals surface area contributed by atoms with Gasteiger partial charge in [-0.25, -0.2) is 0 Å². The van der Waals surface area contributed by atoms with Crippen LogP contribution in [0.5, 0.6) is 0 Å². The normalized spacial score (nSPS) is 9.80. The first-order valence-corrected chi connectivity index (χ1v) is 2.91. The second-order valence-corrected chi connectivity index (χ2v) is 2.13. The van der Waals surface area contributed by atoms with Crippen molar-refractivity contribution in [3.8, 4) is 0 Å². The molecule has 0 aliphatic rings. The summed E-state index contributed by atoms with van der Waals surface area (Å²) >= 11 is 0. The molecule has 0 aromatic carbocycles. The molecule has 0 radical (unpaired) electrons. The molecule has 0 unspecified atom stereocenters. The monoisotopic (exact) mass is 139 g/mol. The highest BCUT2D eigenvalue weighted by atomic mass is 16.1. The first-order chi connectivity index (χ1) is 4.61. The molecule has 0 bridgehead atoms. The average Bonchev–Trinajstić information content (AvgIpc) is 2.13. The molecule has 1 rings (SSSR count). The van der Waals surface area contributed by atoms with Crippen molar-refractivity contribution in [3.05, 3.63) is 11.8 Å². The summed E-state index contributed by atoms with van der Waals surface area (Å²) in [7, 11) is 1.70. The lowest BCUT2D eigenvalue weighted by Gasteiger charge is -1.88. The lowest BCUT2D eigenvalue weighted by Crippen LogP contribution is -1.98. The third-order valence-corrected chi connectivity index (χ3v) is 1.28. The largest absolute Gasteiger partial charge is 0.384 e. The Kier molecular flexibility index (Phi) is 1.45. The first-order valence-electron chi connectivity index (χ1n) is 2.91. The van der Waals surface area contributed by atoms with Crippen LogP contribution in [-0.2, 0) is 7.05 Å². The van der Waals surface area contributed by atoms with Gasteiger partial charge in [-0.2, -0.15) is 5.10 Å². The molecule has 0 amide bonds. The minimum absolute atomic E-state index is 0.0627. The first kappa shape index (κ1) is 6.80. The van der Waals surface area contributed by atoms with E-state index in [0.717, 1.165) is 0 Å². The van der Waals surface area contributed by atoms with Crippen LogP contribution in [0.15, 0.2) is 6.07 Å². The van der Waals surface area contributed by atoms with Gasteiger partial charge in [-0.05, 0) is 0 Å². The molecule has 0 saturated heterocycles. The molecule has 0 atom stereocenters. The molecular formula is C6H9N3O. The van der Waals surface area contributed by atoms with Gasteiger partial charge in [0.1, 0.15) is 11.5 Å². The van der Waals surface area contributed by atoms with Gasteiger partial charge in [-0.1, -0.05) is 0 Å². The molecule has 1 aromatic heterocycles. The number of carbonyl (C=O) groups is 1. The van der Waals surface area contributed by atoms with Crippen LogP contribution in [0.25, 0.3) is 0 Å². The summed E-state index contributed by atoms with van der Waals surface area (Å²) < 4.78 is 1.47.